The molecule has 90 valence electrons. The summed E-state index contributed by atoms with van der Waals surface area (Å²) in [5.74, 6) is 0.848. The highest BCUT2D eigenvalue weighted by Crippen LogP contribution is 2.28. The van der Waals surface area contributed by atoms with Crippen molar-refractivity contribution >= 4 is 5.82 Å². The first-order valence-electron chi connectivity index (χ1n) is 6.02. The number of aromatic nitrogens is 2. The number of rotatable bonds is 1. The van der Waals surface area contributed by atoms with Crippen molar-refractivity contribution in [1.29, 1.82) is 0 Å². The summed E-state index contributed by atoms with van der Waals surface area (Å²) in [5, 5.41) is 4.66. The van der Waals surface area contributed by atoms with Crippen molar-refractivity contribution in [2.24, 2.45) is 0 Å². The van der Waals surface area contributed by atoms with Crippen LogP contribution in [-0.2, 0) is 18.5 Å². The van der Waals surface area contributed by atoms with Crippen molar-refractivity contribution in [1.82, 2.24) is 14.7 Å². The minimum atomic E-state index is -0.0293. The van der Waals surface area contributed by atoms with E-state index in [0.717, 1.165) is 31.9 Å². The average molecular weight is 222 g/mol. The van der Waals surface area contributed by atoms with E-state index in [4.69, 9.17) is 5.73 Å². The lowest BCUT2D eigenvalue weighted by Gasteiger charge is -2.24. The maximum absolute atomic E-state index is 6.20. The van der Waals surface area contributed by atoms with E-state index < -0.39 is 0 Å². The van der Waals surface area contributed by atoms with Gasteiger partial charge in [-0.15, -0.1) is 0 Å². The summed E-state index contributed by atoms with van der Waals surface area (Å²) in [6.45, 7) is 11.7. The van der Waals surface area contributed by atoms with Gasteiger partial charge in [-0.25, -0.2) is 4.68 Å². The standard InChI is InChI=1S/C12H22N4/c1-5-15-7-6-10-9(8-15)11(13)16(14-10)12(2,3)4/h5-8,13H2,1-4H3. The summed E-state index contributed by atoms with van der Waals surface area (Å²) in [4.78, 5) is 2.41. The number of likely N-dealkylation sites (N-methyl/N-ethyl adjacent to an activating group) is 1. The molecule has 0 unspecified atom stereocenters. The van der Waals surface area contributed by atoms with Crippen LogP contribution in [0.1, 0.15) is 39.0 Å². The van der Waals surface area contributed by atoms with E-state index in [1.165, 1.54) is 11.3 Å². The van der Waals surface area contributed by atoms with E-state index in [9.17, 15) is 0 Å². The first-order chi connectivity index (χ1) is 7.43. The molecule has 0 amide bonds. The molecule has 4 heteroatoms. The number of anilines is 1. The zero-order valence-electron chi connectivity index (χ0n) is 10.7. The predicted molar refractivity (Wildman–Crippen MR) is 66.3 cm³/mol. The van der Waals surface area contributed by atoms with Crippen LogP contribution in [0.4, 0.5) is 5.82 Å². The largest absolute Gasteiger partial charge is 0.384 e. The fourth-order valence-electron chi connectivity index (χ4n) is 2.23. The summed E-state index contributed by atoms with van der Waals surface area (Å²) in [7, 11) is 0. The lowest BCUT2D eigenvalue weighted by molar-refractivity contribution is 0.267. The quantitative estimate of drug-likeness (QED) is 0.785. The van der Waals surface area contributed by atoms with Crippen LogP contribution in [0.15, 0.2) is 0 Å². The molecule has 0 radical (unpaired) electrons. The summed E-state index contributed by atoms with van der Waals surface area (Å²) < 4.78 is 1.97. The normalized spacial score (nSPS) is 17.5. The molecule has 0 aromatic carbocycles. The Morgan fingerprint density at radius 1 is 1.38 bits per heavy atom. The second-order valence-corrected chi connectivity index (χ2v) is 5.51. The molecule has 4 nitrogen and oxygen atoms in total. The highest BCUT2D eigenvalue weighted by atomic mass is 15.4. The molecule has 0 atom stereocenters. The molecule has 1 aromatic rings. The van der Waals surface area contributed by atoms with Crippen LogP contribution in [0.2, 0.25) is 0 Å². The number of nitrogens with two attached hydrogens (primary N) is 1. The Labute approximate surface area is 97.4 Å². The van der Waals surface area contributed by atoms with Gasteiger partial charge in [0.05, 0.1) is 11.2 Å². The third-order valence-corrected chi connectivity index (χ3v) is 3.24. The van der Waals surface area contributed by atoms with E-state index >= 15 is 0 Å². The number of hydrogen-bond donors (Lipinski definition) is 1. The maximum atomic E-state index is 6.20. The lowest BCUT2D eigenvalue weighted by atomic mass is 10.1. The van der Waals surface area contributed by atoms with Crippen LogP contribution in [0.3, 0.4) is 0 Å². The number of fused-ring (bicyclic) bond motifs is 1. The topological polar surface area (TPSA) is 47.1 Å². The van der Waals surface area contributed by atoms with Crippen LogP contribution in [0, 0.1) is 0 Å². The van der Waals surface area contributed by atoms with Crippen LogP contribution >= 0.6 is 0 Å². The first kappa shape index (κ1) is 11.5. The summed E-state index contributed by atoms with van der Waals surface area (Å²) in [6.07, 6.45) is 1.02. The van der Waals surface area contributed by atoms with Gasteiger partial charge in [0.2, 0.25) is 0 Å². The highest BCUT2D eigenvalue weighted by Gasteiger charge is 2.26. The summed E-state index contributed by atoms with van der Waals surface area (Å²) in [5.41, 5.74) is 8.60. The van der Waals surface area contributed by atoms with Crippen LogP contribution in [-0.4, -0.2) is 27.8 Å². The van der Waals surface area contributed by atoms with Crippen LogP contribution in [0.5, 0.6) is 0 Å². The minimum Gasteiger partial charge on any atom is -0.384 e. The first-order valence-corrected chi connectivity index (χ1v) is 6.02. The molecule has 0 spiro atoms. The van der Waals surface area contributed by atoms with Gasteiger partial charge in [0.15, 0.2) is 0 Å². The monoisotopic (exact) mass is 222 g/mol. The number of nitrogen functional groups attached to an aromatic ring is 1. The smallest absolute Gasteiger partial charge is 0.127 e. The van der Waals surface area contributed by atoms with Crippen LogP contribution < -0.4 is 5.73 Å². The van der Waals surface area contributed by atoms with Crippen molar-refractivity contribution < 1.29 is 0 Å². The van der Waals surface area contributed by atoms with E-state index in [1.807, 2.05) is 4.68 Å². The third-order valence-electron chi connectivity index (χ3n) is 3.24. The van der Waals surface area contributed by atoms with E-state index in [2.05, 4.69) is 37.7 Å². The van der Waals surface area contributed by atoms with Crippen molar-refractivity contribution in [2.45, 2.75) is 46.2 Å². The summed E-state index contributed by atoms with van der Waals surface area (Å²) >= 11 is 0. The lowest BCUT2D eigenvalue weighted by Crippen LogP contribution is -2.30. The Balaban J connectivity index is 2.38. The molecule has 2 heterocycles. The van der Waals surface area contributed by atoms with Gasteiger partial charge in [-0.1, -0.05) is 6.92 Å². The van der Waals surface area contributed by atoms with E-state index in [0.29, 0.717) is 0 Å². The van der Waals surface area contributed by atoms with E-state index in [1.54, 1.807) is 0 Å². The van der Waals surface area contributed by atoms with Gasteiger partial charge in [0, 0.05) is 25.1 Å². The molecular weight excluding hydrogens is 200 g/mol. The zero-order chi connectivity index (χ0) is 11.9. The molecule has 1 aliphatic rings. The molecule has 2 rings (SSSR count). The number of nitrogens with zero attached hydrogens (tertiary/aromatic N) is 3. The molecular formula is C12H22N4. The molecule has 2 N–H and O–H groups in total. The maximum Gasteiger partial charge on any atom is 0.127 e. The van der Waals surface area contributed by atoms with Gasteiger partial charge < -0.3 is 5.73 Å². The van der Waals surface area contributed by atoms with Crippen LogP contribution in [0.25, 0.3) is 0 Å². The fourth-order valence-corrected chi connectivity index (χ4v) is 2.23. The number of hydrogen-bond acceptors (Lipinski definition) is 3. The molecule has 16 heavy (non-hydrogen) atoms. The van der Waals surface area contributed by atoms with Gasteiger partial charge in [0.25, 0.3) is 0 Å². The van der Waals surface area contributed by atoms with Gasteiger partial charge in [-0.2, -0.15) is 5.10 Å². The zero-order valence-corrected chi connectivity index (χ0v) is 10.7. The SMILES string of the molecule is CCN1CCc2nn(C(C)(C)C)c(N)c2C1. The van der Waals surface area contributed by atoms with Crippen molar-refractivity contribution in [3.8, 4) is 0 Å². The average Bonchev–Trinajstić information content (AvgIpc) is 2.55. The molecule has 0 aliphatic carbocycles. The second-order valence-electron chi connectivity index (χ2n) is 5.51. The Kier molecular flexibility index (Phi) is 2.70. The highest BCUT2D eigenvalue weighted by molar-refractivity contribution is 5.45. The molecule has 0 saturated carbocycles. The second kappa shape index (κ2) is 3.77. The van der Waals surface area contributed by atoms with E-state index in [-0.39, 0.29) is 5.54 Å². The molecule has 1 aliphatic heterocycles. The molecule has 0 fully saturated rings. The molecule has 0 bridgehead atoms. The minimum absolute atomic E-state index is 0.0293. The van der Waals surface area contributed by atoms with Crippen molar-refractivity contribution in [3.05, 3.63) is 11.3 Å². The predicted octanol–water partition coefficient (Wildman–Crippen LogP) is 1.60. The molecule has 1 aromatic heterocycles. The van der Waals surface area contributed by atoms with Crippen molar-refractivity contribution in [2.75, 3.05) is 18.8 Å². The Bertz CT molecular complexity index is 386. The van der Waals surface area contributed by atoms with Crippen molar-refractivity contribution in [3.63, 3.8) is 0 Å². The summed E-state index contributed by atoms with van der Waals surface area (Å²) in [6, 6.07) is 0. The van der Waals surface area contributed by atoms with Gasteiger partial charge in [-0.05, 0) is 27.3 Å². The van der Waals surface area contributed by atoms with Gasteiger partial charge in [0.1, 0.15) is 5.82 Å². The Morgan fingerprint density at radius 3 is 2.62 bits per heavy atom. The van der Waals surface area contributed by atoms with Gasteiger partial charge >= 0.3 is 0 Å². The molecule has 0 saturated heterocycles. The van der Waals surface area contributed by atoms with Gasteiger partial charge in [-0.3, -0.25) is 4.90 Å². The Hall–Kier alpha value is -1.03. The fraction of sp³-hybridized carbons (Fsp3) is 0.750. The third kappa shape index (κ3) is 1.82. The Morgan fingerprint density at radius 2 is 2.06 bits per heavy atom.